The number of hydrogen-bond acceptors (Lipinski definition) is 1. The molecule has 0 saturated heterocycles. The molecule has 0 aliphatic heterocycles. The molecule has 1 rings (SSSR count). The summed E-state index contributed by atoms with van der Waals surface area (Å²) in [5, 5.41) is 0. The van der Waals surface area contributed by atoms with E-state index in [9.17, 15) is 0 Å². The molecule has 0 unspecified atom stereocenters. The lowest BCUT2D eigenvalue weighted by Crippen LogP contribution is -2.50. The third kappa shape index (κ3) is 4.04. The highest BCUT2D eigenvalue weighted by Crippen LogP contribution is 2.37. The summed E-state index contributed by atoms with van der Waals surface area (Å²) in [6.07, 6.45) is 0. The molecule has 0 bridgehead atoms. The molecule has 0 radical (unpaired) electrons. The van der Waals surface area contributed by atoms with Crippen LogP contribution in [0.3, 0.4) is 0 Å². The lowest BCUT2D eigenvalue weighted by Gasteiger charge is -2.41. The van der Waals surface area contributed by atoms with Crippen molar-refractivity contribution in [2.45, 2.75) is 64.8 Å². The Balaban J connectivity index is 3.13. The van der Waals surface area contributed by atoms with Crippen molar-refractivity contribution in [3.8, 4) is 0 Å². The first-order valence-electron chi connectivity index (χ1n) is 7.52. The summed E-state index contributed by atoms with van der Waals surface area (Å²) in [5.41, 5.74) is 4.24. The van der Waals surface area contributed by atoms with E-state index in [1.165, 1.54) is 17.2 Å². The Morgan fingerprint density at radius 2 is 1.58 bits per heavy atom. The first-order valence-corrected chi connectivity index (χ1v) is 12.6. The van der Waals surface area contributed by atoms with Gasteiger partial charge in [0.05, 0.1) is 0 Å². The molecule has 0 fully saturated rings. The van der Waals surface area contributed by atoms with E-state index in [1.54, 1.807) is 0 Å². The van der Waals surface area contributed by atoms with Crippen LogP contribution in [0, 0.1) is 6.92 Å². The van der Waals surface area contributed by atoms with Crippen molar-refractivity contribution in [1.82, 2.24) is 0 Å². The molecule has 0 amide bonds. The summed E-state index contributed by atoms with van der Waals surface area (Å²) in [7, 11) is -2.73. The van der Waals surface area contributed by atoms with Crippen molar-refractivity contribution in [1.29, 1.82) is 0 Å². The van der Waals surface area contributed by atoms with Gasteiger partial charge in [-0.05, 0) is 48.3 Å². The minimum Gasteiger partial charge on any atom is -0.457 e. The Bertz CT molecular complexity index is 391. The fraction of sp³-hybridized carbons (Fsp3) is 0.625. The van der Waals surface area contributed by atoms with Gasteiger partial charge in [-0.2, -0.15) is 0 Å². The van der Waals surface area contributed by atoms with Crippen molar-refractivity contribution in [3.05, 3.63) is 35.4 Å². The monoisotopic (exact) mass is 294 g/mol. The normalized spacial score (nSPS) is 12.7. The van der Waals surface area contributed by atoms with Gasteiger partial charge in [0, 0.05) is 0 Å². The lowest BCUT2D eigenvalue weighted by molar-refractivity contribution is 0.511. The van der Waals surface area contributed by atoms with Crippen LogP contribution in [0.4, 0.5) is 0 Å². The average molecular weight is 295 g/mol. The van der Waals surface area contributed by atoms with Crippen molar-refractivity contribution >= 4 is 17.4 Å². The maximum absolute atomic E-state index is 6.70. The molecule has 0 spiro atoms. The predicted molar refractivity (Wildman–Crippen MR) is 90.8 cm³/mol. The van der Waals surface area contributed by atoms with E-state index in [0.717, 1.165) is 0 Å². The summed E-state index contributed by atoms with van der Waals surface area (Å²) in [5.74, 6) is 0. The van der Waals surface area contributed by atoms with Gasteiger partial charge >= 0.3 is 0 Å². The van der Waals surface area contributed by atoms with Crippen LogP contribution in [-0.4, -0.2) is 17.4 Å². The fourth-order valence-electron chi connectivity index (χ4n) is 2.93. The van der Waals surface area contributed by atoms with Gasteiger partial charge in [0.1, 0.15) is 0 Å². The number of hydrogen-bond donors (Lipinski definition) is 0. The van der Waals surface area contributed by atoms with Crippen LogP contribution in [0.15, 0.2) is 24.3 Å². The summed E-state index contributed by atoms with van der Waals surface area (Å²) < 4.78 is 6.70. The van der Waals surface area contributed by atoms with E-state index in [0.29, 0.717) is 11.1 Å². The Hall–Kier alpha value is -0.386. The molecular weight excluding hydrogens is 264 g/mol. The third-order valence-electron chi connectivity index (χ3n) is 4.14. The predicted octanol–water partition coefficient (Wildman–Crippen LogP) is 4.84. The first kappa shape index (κ1) is 16.7. The van der Waals surface area contributed by atoms with E-state index in [4.69, 9.17) is 4.12 Å². The number of benzene rings is 1. The Kier molecular flexibility index (Phi) is 6.02. The molecule has 1 aromatic carbocycles. The van der Waals surface area contributed by atoms with Crippen LogP contribution in [0.1, 0.15) is 38.8 Å². The maximum Gasteiger partial charge on any atom is 0.189 e. The van der Waals surface area contributed by atoms with E-state index >= 15 is 0 Å². The molecule has 0 saturated carbocycles. The molecule has 19 heavy (non-hydrogen) atoms. The molecule has 108 valence electrons. The van der Waals surface area contributed by atoms with E-state index < -0.39 is 17.4 Å². The second kappa shape index (κ2) is 6.86. The minimum atomic E-state index is -1.72. The standard InChI is InChI=1S/C16H30OSi2/c1-13(2)19(14(3)4,17-18(6)7)12-16-11-9-8-10-15(16)5/h8-11,13-14,18H,12H2,1-7H3. The highest BCUT2D eigenvalue weighted by molar-refractivity contribution is 6.81. The molecule has 0 atom stereocenters. The first-order chi connectivity index (χ1) is 8.79. The number of rotatable bonds is 6. The molecule has 0 aliphatic carbocycles. The van der Waals surface area contributed by atoms with Gasteiger partial charge in [0.15, 0.2) is 17.4 Å². The molecule has 0 N–H and O–H groups in total. The Morgan fingerprint density at radius 1 is 1.05 bits per heavy atom. The van der Waals surface area contributed by atoms with Gasteiger partial charge in [0.2, 0.25) is 0 Å². The van der Waals surface area contributed by atoms with E-state index in [2.05, 4.69) is 72.0 Å². The lowest BCUT2D eigenvalue weighted by atomic mass is 10.1. The highest BCUT2D eigenvalue weighted by Gasteiger charge is 2.42. The minimum absolute atomic E-state index is 0.669. The molecule has 0 aromatic heterocycles. The van der Waals surface area contributed by atoms with Crippen LogP contribution >= 0.6 is 0 Å². The highest BCUT2D eigenvalue weighted by atomic mass is 28.4. The molecule has 3 heteroatoms. The van der Waals surface area contributed by atoms with Crippen LogP contribution in [0.5, 0.6) is 0 Å². The van der Waals surface area contributed by atoms with Gasteiger partial charge in [0.25, 0.3) is 0 Å². The molecule has 1 aromatic rings. The van der Waals surface area contributed by atoms with E-state index in [-0.39, 0.29) is 0 Å². The average Bonchev–Trinajstić information content (AvgIpc) is 2.29. The largest absolute Gasteiger partial charge is 0.457 e. The second-order valence-corrected chi connectivity index (χ2v) is 14.1. The summed E-state index contributed by atoms with van der Waals surface area (Å²) >= 11 is 0. The summed E-state index contributed by atoms with van der Waals surface area (Å²) in [4.78, 5) is 0. The van der Waals surface area contributed by atoms with Crippen LogP contribution in [-0.2, 0) is 10.2 Å². The molecule has 0 heterocycles. The Morgan fingerprint density at radius 3 is 2.00 bits per heavy atom. The second-order valence-electron chi connectivity index (χ2n) is 6.53. The van der Waals surface area contributed by atoms with Gasteiger partial charge in [-0.3, -0.25) is 0 Å². The van der Waals surface area contributed by atoms with Crippen molar-refractivity contribution in [3.63, 3.8) is 0 Å². The number of aryl methyl sites for hydroxylation is 1. The zero-order chi connectivity index (χ0) is 14.6. The van der Waals surface area contributed by atoms with Gasteiger partial charge in [-0.1, -0.05) is 52.0 Å². The van der Waals surface area contributed by atoms with Crippen molar-refractivity contribution in [2.75, 3.05) is 0 Å². The SMILES string of the molecule is Cc1ccccc1C[Si](O[SiH](C)C)(C(C)C)C(C)C. The van der Waals surface area contributed by atoms with E-state index in [1.807, 2.05) is 0 Å². The smallest absolute Gasteiger partial charge is 0.189 e. The van der Waals surface area contributed by atoms with Crippen molar-refractivity contribution < 1.29 is 4.12 Å². The van der Waals surface area contributed by atoms with Gasteiger partial charge in [-0.15, -0.1) is 0 Å². The van der Waals surface area contributed by atoms with Crippen LogP contribution < -0.4 is 0 Å². The molecule has 0 aliphatic rings. The zero-order valence-electron chi connectivity index (χ0n) is 13.7. The van der Waals surface area contributed by atoms with Gasteiger partial charge < -0.3 is 4.12 Å². The molecule has 1 nitrogen and oxygen atoms in total. The topological polar surface area (TPSA) is 9.23 Å². The maximum atomic E-state index is 6.70. The zero-order valence-corrected chi connectivity index (χ0v) is 15.8. The third-order valence-corrected chi connectivity index (χ3v) is 12.6. The fourth-order valence-corrected chi connectivity index (χ4v) is 12.1. The van der Waals surface area contributed by atoms with Crippen LogP contribution in [0.25, 0.3) is 0 Å². The Labute approximate surface area is 122 Å². The molecular formula is C16H30OSi2. The van der Waals surface area contributed by atoms with Crippen molar-refractivity contribution in [2.24, 2.45) is 0 Å². The summed E-state index contributed by atoms with van der Waals surface area (Å²) in [6, 6.07) is 9.97. The van der Waals surface area contributed by atoms with Crippen LogP contribution in [0.2, 0.25) is 24.2 Å². The summed E-state index contributed by atoms with van der Waals surface area (Å²) in [6.45, 7) is 16.3. The van der Waals surface area contributed by atoms with Gasteiger partial charge in [-0.25, -0.2) is 0 Å². The quantitative estimate of drug-likeness (QED) is 0.682.